The van der Waals surface area contributed by atoms with E-state index in [2.05, 4.69) is 46.2 Å². The summed E-state index contributed by atoms with van der Waals surface area (Å²) in [5, 5.41) is 27.1. The molecule has 1 heterocycles. The third kappa shape index (κ3) is 20.7. The largest absolute Gasteiger partial charge is 0.497 e. The molecular weight excluding hydrogens is 918 g/mol. The highest BCUT2D eigenvalue weighted by molar-refractivity contribution is 5.77. The number of aliphatic carboxylic acids is 1. The molecule has 1 aromatic heterocycles. The van der Waals surface area contributed by atoms with Crippen LogP contribution >= 0.6 is 0 Å². The minimum Gasteiger partial charge on any atom is -0.497 e. The molecule has 1 atom stereocenters. The number of carboxylic acid groups (broad SMARTS) is 1. The topological polar surface area (TPSA) is 229 Å². The van der Waals surface area contributed by atoms with Crippen molar-refractivity contribution in [3.63, 3.8) is 0 Å². The molecule has 0 unspecified atom stereocenters. The fourth-order valence-electron chi connectivity index (χ4n) is 9.17. The van der Waals surface area contributed by atoms with Gasteiger partial charge in [0.15, 0.2) is 0 Å². The van der Waals surface area contributed by atoms with Crippen molar-refractivity contribution >= 4 is 23.7 Å². The average Bonchev–Trinajstić information content (AvgIpc) is 4.12. The van der Waals surface area contributed by atoms with E-state index < -0.39 is 5.97 Å². The van der Waals surface area contributed by atoms with Crippen molar-refractivity contribution in [2.45, 2.75) is 129 Å². The molecule has 3 aromatic carbocycles. The molecule has 1 aliphatic carbocycles. The number of unbranched alkanes of at least 4 members (excludes halogenated alkanes) is 6. The SMILES string of the molecule is COc1ccc(F)c(-c2ccc(COc3cccc([C@@H](CC(=O)O)C4CC4)c3)cc2CC(C)(C)Cc2cn(CCCCCCCCCC(=O)NCCN(CCC(=O)NCCN)CCC(=O)NCCN)nn2)c1. The first kappa shape index (κ1) is 57.0. The molecule has 8 N–H and O–H groups in total. The first-order chi connectivity index (χ1) is 34.7. The average molecular weight is 998 g/mol. The third-order valence-electron chi connectivity index (χ3n) is 13.1. The Balaban J connectivity index is 1.04. The van der Waals surface area contributed by atoms with Gasteiger partial charge in [0.25, 0.3) is 0 Å². The Morgan fingerprint density at radius 3 is 2.12 bits per heavy atom. The number of ether oxygens (including phenoxy) is 2. The predicted molar refractivity (Wildman–Crippen MR) is 278 cm³/mol. The third-order valence-corrected chi connectivity index (χ3v) is 13.1. The van der Waals surface area contributed by atoms with Crippen molar-refractivity contribution in [1.29, 1.82) is 0 Å². The van der Waals surface area contributed by atoms with Crippen LogP contribution in [0, 0.1) is 17.2 Å². The maximum Gasteiger partial charge on any atom is 0.303 e. The summed E-state index contributed by atoms with van der Waals surface area (Å²) in [6.07, 6.45) is 13.7. The Kier molecular flexibility index (Phi) is 23.9. The van der Waals surface area contributed by atoms with Crippen LogP contribution in [0.5, 0.6) is 11.5 Å². The van der Waals surface area contributed by atoms with Crippen molar-refractivity contribution in [2.75, 3.05) is 59.5 Å². The van der Waals surface area contributed by atoms with Crippen LogP contribution < -0.4 is 36.9 Å². The summed E-state index contributed by atoms with van der Waals surface area (Å²) >= 11 is 0. The Labute approximate surface area is 425 Å². The molecule has 0 radical (unpaired) electrons. The standard InChI is InChI=1S/C55H80FN9O7/c1-55(2,36-43-32-40(15-19-47(43)49-34-45(71-3)18-20-50(49)56)39-72-46-13-11-12-42(33-46)48(35-54(69)70)41-16-17-41)37-44-38-65(63-62-44)28-10-8-6-4-5-7-9-14-51(66)61-27-31-64(29-21-52(67)59-25-23-57)30-22-53(68)60-26-24-58/h11-13,15,18-20,32-34,38,41,48H,4-10,14,16-17,21-31,35-37,39,57-58H2,1-3H3,(H,59,67)(H,60,68)(H,61,66)(H,69,70)/t48-/m0/s1. The van der Waals surface area contributed by atoms with Crippen LogP contribution in [-0.2, 0) is 45.2 Å². The van der Waals surface area contributed by atoms with E-state index in [0.717, 1.165) is 92.3 Å². The molecule has 5 rings (SSSR count). The van der Waals surface area contributed by atoms with Crippen molar-refractivity contribution in [3.8, 4) is 22.6 Å². The molecule has 3 amide bonds. The lowest BCUT2D eigenvalue weighted by molar-refractivity contribution is -0.137. The van der Waals surface area contributed by atoms with Gasteiger partial charge in [-0.05, 0) is 108 Å². The number of nitrogens with zero attached hydrogens (tertiary/aromatic N) is 4. The van der Waals surface area contributed by atoms with Crippen LogP contribution in [0.4, 0.5) is 4.39 Å². The monoisotopic (exact) mass is 998 g/mol. The highest BCUT2D eigenvalue weighted by atomic mass is 19.1. The summed E-state index contributed by atoms with van der Waals surface area (Å²) in [6.45, 7) is 8.96. The van der Waals surface area contributed by atoms with Crippen molar-refractivity contribution < 1.29 is 38.1 Å². The van der Waals surface area contributed by atoms with Gasteiger partial charge in [0.05, 0.1) is 19.2 Å². The maximum absolute atomic E-state index is 15.5. The molecule has 0 bridgehead atoms. The minimum absolute atomic E-state index is 0.00768. The lowest BCUT2D eigenvalue weighted by Crippen LogP contribution is -2.40. The predicted octanol–water partition coefficient (Wildman–Crippen LogP) is 6.92. The summed E-state index contributed by atoms with van der Waals surface area (Å²) in [7, 11) is 1.57. The van der Waals surface area contributed by atoms with Gasteiger partial charge in [-0.2, -0.15) is 0 Å². The van der Waals surface area contributed by atoms with Crippen LogP contribution in [0.15, 0.2) is 66.9 Å². The Morgan fingerprint density at radius 2 is 1.46 bits per heavy atom. The Morgan fingerprint density at radius 1 is 0.792 bits per heavy atom. The fraction of sp³-hybridized carbons (Fsp3) is 0.564. The fourth-order valence-corrected chi connectivity index (χ4v) is 9.17. The van der Waals surface area contributed by atoms with E-state index in [1.54, 1.807) is 19.2 Å². The van der Waals surface area contributed by atoms with Gasteiger partial charge >= 0.3 is 5.97 Å². The second-order valence-electron chi connectivity index (χ2n) is 19.9. The number of carboxylic acids is 1. The van der Waals surface area contributed by atoms with Gasteiger partial charge in [0.2, 0.25) is 17.7 Å². The highest BCUT2D eigenvalue weighted by Gasteiger charge is 2.34. The zero-order valence-electron chi connectivity index (χ0n) is 42.9. The molecule has 394 valence electrons. The molecule has 16 nitrogen and oxygen atoms in total. The van der Waals surface area contributed by atoms with E-state index in [1.165, 1.54) is 6.07 Å². The summed E-state index contributed by atoms with van der Waals surface area (Å²) in [5.74, 6) is 0.319. The van der Waals surface area contributed by atoms with E-state index in [-0.39, 0.29) is 54.1 Å². The number of benzene rings is 3. The van der Waals surface area contributed by atoms with Crippen LogP contribution in [0.3, 0.4) is 0 Å². The molecule has 4 aromatic rings. The number of hydrogen-bond acceptors (Lipinski definition) is 11. The summed E-state index contributed by atoms with van der Waals surface area (Å²) in [6, 6.07) is 18.6. The van der Waals surface area contributed by atoms with E-state index in [1.807, 2.05) is 52.2 Å². The second kappa shape index (κ2) is 30.2. The molecule has 0 saturated heterocycles. The van der Waals surface area contributed by atoms with Crippen LogP contribution in [-0.4, -0.2) is 108 Å². The first-order valence-electron chi connectivity index (χ1n) is 26.0. The lowest BCUT2D eigenvalue weighted by atomic mass is 9.79. The number of methoxy groups -OCH3 is 1. The number of aryl methyl sites for hydroxylation is 1. The van der Waals surface area contributed by atoms with Gasteiger partial charge < -0.3 is 46.9 Å². The van der Waals surface area contributed by atoms with E-state index >= 15 is 4.39 Å². The first-order valence-corrected chi connectivity index (χ1v) is 26.0. The van der Waals surface area contributed by atoms with Gasteiger partial charge in [0.1, 0.15) is 23.9 Å². The molecule has 72 heavy (non-hydrogen) atoms. The normalized spacial score (nSPS) is 12.9. The van der Waals surface area contributed by atoms with Crippen molar-refractivity contribution in [1.82, 2.24) is 35.8 Å². The number of amides is 3. The molecule has 0 spiro atoms. The summed E-state index contributed by atoms with van der Waals surface area (Å²) in [4.78, 5) is 50.4. The van der Waals surface area contributed by atoms with Gasteiger partial charge in [-0.15, -0.1) is 5.10 Å². The molecule has 1 aliphatic rings. The zero-order chi connectivity index (χ0) is 51.7. The number of halogens is 1. The van der Waals surface area contributed by atoms with Crippen molar-refractivity contribution in [3.05, 3.63) is 95.1 Å². The van der Waals surface area contributed by atoms with E-state index in [9.17, 15) is 24.3 Å². The van der Waals surface area contributed by atoms with Crippen LogP contribution in [0.1, 0.15) is 126 Å². The summed E-state index contributed by atoms with van der Waals surface area (Å²) < 4.78 is 29.2. The van der Waals surface area contributed by atoms with E-state index in [0.29, 0.717) is 101 Å². The van der Waals surface area contributed by atoms with Gasteiger partial charge in [-0.1, -0.05) is 81.5 Å². The second-order valence-corrected chi connectivity index (χ2v) is 19.9. The van der Waals surface area contributed by atoms with Crippen LogP contribution in [0.2, 0.25) is 0 Å². The Bertz CT molecular complexity index is 2300. The smallest absolute Gasteiger partial charge is 0.303 e. The Hall–Kier alpha value is -5.91. The number of rotatable bonds is 36. The quantitative estimate of drug-likeness (QED) is 0.0255. The molecule has 17 heteroatoms. The highest BCUT2D eigenvalue weighted by Crippen LogP contribution is 2.45. The van der Waals surface area contributed by atoms with Crippen molar-refractivity contribution in [2.24, 2.45) is 22.8 Å². The van der Waals surface area contributed by atoms with Gasteiger partial charge in [0, 0.05) is 89.9 Å². The van der Waals surface area contributed by atoms with Crippen LogP contribution in [0.25, 0.3) is 11.1 Å². The molecule has 1 fully saturated rings. The van der Waals surface area contributed by atoms with Gasteiger partial charge in [-0.3, -0.25) is 23.9 Å². The van der Waals surface area contributed by atoms with E-state index in [4.69, 9.17) is 20.9 Å². The lowest BCUT2D eigenvalue weighted by Gasteiger charge is -2.26. The molecular formula is C55H80FN9O7. The molecule has 1 saturated carbocycles. The summed E-state index contributed by atoms with van der Waals surface area (Å²) in [5.41, 5.74) is 15.7. The maximum atomic E-state index is 15.5. The number of carbonyl (C=O) groups excluding carboxylic acids is 3. The number of hydrogen-bond donors (Lipinski definition) is 6. The number of nitrogens with one attached hydrogen (secondary N) is 3. The number of carbonyl (C=O) groups is 4. The zero-order valence-corrected chi connectivity index (χ0v) is 42.9. The minimum atomic E-state index is -0.793. The number of aromatic nitrogens is 3. The van der Waals surface area contributed by atoms with Gasteiger partial charge in [-0.25, -0.2) is 4.39 Å². The molecule has 0 aliphatic heterocycles. The number of nitrogens with two attached hydrogens (primary N) is 2.